The zero-order chi connectivity index (χ0) is 27.1. The highest BCUT2D eigenvalue weighted by Gasteiger charge is 2.31. The lowest BCUT2D eigenvalue weighted by molar-refractivity contribution is -0.117. The van der Waals surface area contributed by atoms with Gasteiger partial charge in [0, 0.05) is 16.7 Å². The number of carbonyl (C=O) groups is 2. The standard InChI is InChI=1S/C28H17ClF2N6O2/c29-20-13-14-21-32-24(16-9-4-5-11-18(16)30)25(37(21)36-20)27(38)35-26-28(39)34-23-17(10-6-12-19(23)31)22(33-26)15-7-2-1-3-8-15/h1-14,26H,(H,34,39)(H,35,38). The zero-order valence-corrected chi connectivity index (χ0v) is 20.7. The Hall–Kier alpha value is -4.96. The van der Waals surface area contributed by atoms with E-state index in [1.54, 1.807) is 36.4 Å². The van der Waals surface area contributed by atoms with E-state index in [2.05, 4.69) is 25.7 Å². The second kappa shape index (κ2) is 9.73. The number of anilines is 1. The molecule has 0 fully saturated rings. The van der Waals surface area contributed by atoms with E-state index in [0.29, 0.717) is 16.8 Å². The highest BCUT2D eigenvalue weighted by atomic mass is 35.5. The number of hydrogen-bond acceptors (Lipinski definition) is 5. The quantitative estimate of drug-likeness (QED) is 0.338. The number of carbonyl (C=O) groups excluding carboxylic acids is 2. The topological polar surface area (TPSA) is 101 Å². The molecule has 0 bridgehead atoms. The highest BCUT2D eigenvalue weighted by Crippen LogP contribution is 2.29. The predicted molar refractivity (Wildman–Crippen MR) is 142 cm³/mol. The van der Waals surface area contributed by atoms with Crippen molar-refractivity contribution in [3.8, 4) is 11.3 Å². The van der Waals surface area contributed by atoms with Crippen molar-refractivity contribution in [3.05, 3.63) is 119 Å². The number of nitrogens with one attached hydrogen (secondary N) is 2. The maximum absolute atomic E-state index is 14.8. The summed E-state index contributed by atoms with van der Waals surface area (Å²) >= 11 is 6.08. The fraction of sp³-hybridized carbons (Fsp3) is 0.0357. The van der Waals surface area contributed by atoms with Crippen LogP contribution in [0.15, 0.2) is 89.9 Å². The molecule has 39 heavy (non-hydrogen) atoms. The molecule has 3 heterocycles. The SMILES string of the molecule is O=C(NC1N=C(c2ccccc2)c2cccc(F)c2NC1=O)c1c(-c2ccccc2F)nc2ccc(Cl)nn12. The van der Waals surface area contributed by atoms with E-state index in [0.717, 1.165) is 0 Å². The van der Waals surface area contributed by atoms with E-state index in [9.17, 15) is 18.4 Å². The molecule has 1 atom stereocenters. The number of nitrogens with zero attached hydrogens (tertiary/aromatic N) is 4. The largest absolute Gasteiger partial charge is 0.321 e. The van der Waals surface area contributed by atoms with Gasteiger partial charge in [-0.25, -0.2) is 23.3 Å². The molecule has 2 aromatic heterocycles. The third kappa shape index (κ3) is 4.40. The van der Waals surface area contributed by atoms with Crippen molar-refractivity contribution in [2.75, 3.05) is 5.32 Å². The van der Waals surface area contributed by atoms with Crippen molar-refractivity contribution in [2.45, 2.75) is 6.17 Å². The highest BCUT2D eigenvalue weighted by molar-refractivity contribution is 6.29. The van der Waals surface area contributed by atoms with Gasteiger partial charge in [-0.05, 0) is 30.3 Å². The van der Waals surface area contributed by atoms with Gasteiger partial charge < -0.3 is 10.6 Å². The number of aliphatic imine (C=N–C) groups is 1. The number of rotatable bonds is 4. The molecule has 0 saturated carbocycles. The van der Waals surface area contributed by atoms with Crippen LogP contribution in [0.25, 0.3) is 16.9 Å². The molecule has 0 saturated heterocycles. The number of amides is 2. The first-order chi connectivity index (χ1) is 18.9. The molecule has 0 radical (unpaired) electrons. The first-order valence-corrected chi connectivity index (χ1v) is 12.1. The predicted octanol–water partition coefficient (Wildman–Crippen LogP) is 4.87. The number of aromatic nitrogens is 3. The van der Waals surface area contributed by atoms with Crippen LogP contribution in [0.5, 0.6) is 0 Å². The summed E-state index contributed by atoms with van der Waals surface area (Å²) in [5.74, 6) is -2.85. The van der Waals surface area contributed by atoms with Crippen LogP contribution in [-0.2, 0) is 4.79 Å². The van der Waals surface area contributed by atoms with E-state index in [-0.39, 0.29) is 33.4 Å². The fourth-order valence-corrected chi connectivity index (χ4v) is 4.51. The van der Waals surface area contributed by atoms with Crippen molar-refractivity contribution >= 4 is 40.5 Å². The summed E-state index contributed by atoms with van der Waals surface area (Å²) in [7, 11) is 0. The van der Waals surface area contributed by atoms with Crippen LogP contribution < -0.4 is 10.6 Å². The lowest BCUT2D eigenvalue weighted by atomic mass is 10.0. The molecule has 1 aliphatic heterocycles. The Morgan fingerprint density at radius 2 is 1.62 bits per heavy atom. The Bertz CT molecular complexity index is 1810. The molecule has 1 unspecified atom stereocenters. The number of para-hydroxylation sites is 1. The molecule has 11 heteroatoms. The maximum atomic E-state index is 14.8. The molecule has 8 nitrogen and oxygen atoms in total. The molecular formula is C28H17ClF2N6O2. The molecule has 192 valence electrons. The summed E-state index contributed by atoms with van der Waals surface area (Å²) in [6, 6.07) is 22.1. The van der Waals surface area contributed by atoms with Crippen LogP contribution >= 0.6 is 11.6 Å². The maximum Gasteiger partial charge on any atom is 0.274 e. The average molecular weight is 543 g/mol. The molecular weight excluding hydrogens is 526 g/mol. The van der Waals surface area contributed by atoms with Gasteiger partial charge in [0.2, 0.25) is 6.17 Å². The Kier molecular flexibility index (Phi) is 6.08. The van der Waals surface area contributed by atoms with Crippen molar-refractivity contribution in [1.82, 2.24) is 19.9 Å². The van der Waals surface area contributed by atoms with Crippen LogP contribution in [0.3, 0.4) is 0 Å². The Morgan fingerprint density at radius 3 is 2.41 bits per heavy atom. The first kappa shape index (κ1) is 24.4. The van der Waals surface area contributed by atoms with Gasteiger partial charge in [-0.1, -0.05) is 66.2 Å². The molecule has 5 aromatic rings. The summed E-state index contributed by atoms with van der Waals surface area (Å²) in [6.07, 6.45) is -1.47. The molecule has 6 rings (SSSR count). The van der Waals surface area contributed by atoms with Gasteiger partial charge in [0.25, 0.3) is 11.8 Å². The Labute approximate surface area is 225 Å². The zero-order valence-electron chi connectivity index (χ0n) is 19.9. The number of imidazole rings is 1. The van der Waals surface area contributed by atoms with Crippen molar-refractivity contribution in [1.29, 1.82) is 0 Å². The molecule has 3 aromatic carbocycles. The minimum Gasteiger partial charge on any atom is -0.321 e. The third-order valence-electron chi connectivity index (χ3n) is 6.13. The number of halogens is 3. The number of hydrogen-bond donors (Lipinski definition) is 2. The van der Waals surface area contributed by atoms with Gasteiger partial charge in [-0.15, -0.1) is 0 Å². The van der Waals surface area contributed by atoms with Gasteiger partial charge in [0.05, 0.1) is 11.4 Å². The van der Waals surface area contributed by atoms with E-state index < -0.39 is 29.6 Å². The first-order valence-electron chi connectivity index (χ1n) is 11.7. The molecule has 2 amide bonds. The van der Waals surface area contributed by atoms with Crippen molar-refractivity contribution < 1.29 is 18.4 Å². The smallest absolute Gasteiger partial charge is 0.274 e. The van der Waals surface area contributed by atoms with Gasteiger partial charge in [0.15, 0.2) is 11.3 Å². The van der Waals surface area contributed by atoms with Crippen LogP contribution in [-0.4, -0.2) is 38.3 Å². The second-order valence-corrected chi connectivity index (χ2v) is 8.97. The van der Waals surface area contributed by atoms with E-state index >= 15 is 0 Å². The van der Waals surface area contributed by atoms with Crippen molar-refractivity contribution in [3.63, 3.8) is 0 Å². The van der Waals surface area contributed by atoms with Crippen LogP contribution in [0.4, 0.5) is 14.5 Å². The van der Waals surface area contributed by atoms with E-state index in [1.807, 2.05) is 6.07 Å². The Morgan fingerprint density at radius 1 is 0.897 bits per heavy atom. The van der Waals surface area contributed by atoms with Gasteiger partial charge >= 0.3 is 0 Å². The number of benzodiazepines with no additional fused rings is 1. The molecule has 2 N–H and O–H groups in total. The average Bonchev–Trinajstić information content (AvgIpc) is 3.24. The van der Waals surface area contributed by atoms with Crippen LogP contribution in [0.1, 0.15) is 21.6 Å². The summed E-state index contributed by atoms with van der Waals surface area (Å²) in [4.78, 5) is 35.9. The monoisotopic (exact) mass is 542 g/mol. The summed E-state index contributed by atoms with van der Waals surface area (Å²) in [5, 5.41) is 9.34. The summed E-state index contributed by atoms with van der Waals surface area (Å²) in [6.45, 7) is 0. The normalized spacial score (nSPS) is 14.8. The second-order valence-electron chi connectivity index (χ2n) is 8.59. The van der Waals surface area contributed by atoms with E-state index in [4.69, 9.17) is 11.6 Å². The van der Waals surface area contributed by atoms with Crippen LogP contribution in [0, 0.1) is 11.6 Å². The fourth-order valence-electron chi connectivity index (χ4n) is 4.37. The lowest BCUT2D eigenvalue weighted by Gasteiger charge is -2.14. The summed E-state index contributed by atoms with van der Waals surface area (Å²) < 4.78 is 30.7. The minimum atomic E-state index is -1.47. The van der Waals surface area contributed by atoms with Crippen molar-refractivity contribution in [2.24, 2.45) is 4.99 Å². The third-order valence-corrected chi connectivity index (χ3v) is 6.33. The number of benzene rings is 3. The number of fused-ring (bicyclic) bond motifs is 2. The van der Waals surface area contributed by atoms with Gasteiger partial charge in [-0.2, -0.15) is 5.10 Å². The molecule has 1 aliphatic rings. The van der Waals surface area contributed by atoms with Gasteiger partial charge in [0.1, 0.15) is 22.5 Å². The molecule has 0 aliphatic carbocycles. The van der Waals surface area contributed by atoms with Crippen LogP contribution in [0.2, 0.25) is 5.15 Å². The van der Waals surface area contributed by atoms with E-state index in [1.165, 1.54) is 47.0 Å². The lowest BCUT2D eigenvalue weighted by Crippen LogP contribution is -2.43. The Balaban J connectivity index is 1.47. The minimum absolute atomic E-state index is 0.00371. The summed E-state index contributed by atoms with van der Waals surface area (Å²) in [5.41, 5.74) is 1.32. The van der Waals surface area contributed by atoms with Gasteiger partial charge in [-0.3, -0.25) is 9.59 Å². The molecule has 0 spiro atoms.